The fourth-order valence-electron chi connectivity index (χ4n) is 2.50. The minimum atomic E-state index is 0.115. The summed E-state index contributed by atoms with van der Waals surface area (Å²) in [5.74, 6) is 0.115. The van der Waals surface area contributed by atoms with Crippen LogP contribution in [0.3, 0.4) is 0 Å². The van der Waals surface area contributed by atoms with Gasteiger partial charge in [0.1, 0.15) is 0 Å². The van der Waals surface area contributed by atoms with Crippen LogP contribution >= 0.6 is 27.3 Å². The Bertz CT molecular complexity index is 778. The van der Waals surface area contributed by atoms with Crippen molar-refractivity contribution in [1.29, 1.82) is 0 Å². The summed E-state index contributed by atoms with van der Waals surface area (Å²) in [6, 6.07) is 12.3. The summed E-state index contributed by atoms with van der Waals surface area (Å²) in [6.45, 7) is 0.613. The lowest BCUT2D eigenvalue weighted by atomic mass is 10.1. The summed E-state index contributed by atoms with van der Waals surface area (Å²) in [7, 11) is 0. The minimum Gasteiger partial charge on any atom is -0.361 e. The fraction of sp³-hybridized carbons (Fsp3) is 0.235. The molecule has 1 amide bonds. The lowest BCUT2D eigenvalue weighted by molar-refractivity contribution is -0.121. The minimum absolute atomic E-state index is 0.115. The Hall–Kier alpha value is -1.59. The molecular formula is C17H17BrN2OS. The van der Waals surface area contributed by atoms with Crippen molar-refractivity contribution in [3.05, 3.63) is 56.8 Å². The van der Waals surface area contributed by atoms with Gasteiger partial charge in [-0.05, 0) is 52.5 Å². The second-order valence-corrected chi connectivity index (χ2v) is 7.74. The SMILES string of the molecule is O=C(CCCc1c[nH]c2ccccc12)NCc1ccc(Br)s1. The summed E-state index contributed by atoms with van der Waals surface area (Å²) in [4.78, 5) is 16.3. The van der Waals surface area contributed by atoms with Gasteiger partial charge in [0, 0.05) is 28.4 Å². The molecule has 2 N–H and O–H groups in total. The number of amides is 1. The zero-order chi connectivity index (χ0) is 15.4. The largest absolute Gasteiger partial charge is 0.361 e. The zero-order valence-electron chi connectivity index (χ0n) is 12.1. The number of aromatic nitrogens is 1. The maximum atomic E-state index is 11.9. The highest BCUT2D eigenvalue weighted by molar-refractivity contribution is 9.11. The quantitative estimate of drug-likeness (QED) is 0.646. The van der Waals surface area contributed by atoms with Crippen LogP contribution < -0.4 is 5.32 Å². The van der Waals surface area contributed by atoms with E-state index in [4.69, 9.17) is 0 Å². The molecule has 0 unspecified atom stereocenters. The Balaban J connectivity index is 1.45. The zero-order valence-corrected chi connectivity index (χ0v) is 14.5. The monoisotopic (exact) mass is 376 g/mol. The molecule has 0 aliphatic heterocycles. The number of H-pyrrole nitrogens is 1. The number of para-hydroxylation sites is 1. The van der Waals surface area contributed by atoms with Crippen LogP contribution in [0.25, 0.3) is 10.9 Å². The number of carbonyl (C=O) groups is 1. The number of benzene rings is 1. The van der Waals surface area contributed by atoms with Gasteiger partial charge >= 0.3 is 0 Å². The van der Waals surface area contributed by atoms with Gasteiger partial charge in [-0.1, -0.05) is 18.2 Å². The predicted molar refractivity (Wildman–Crippen MR) is 95.1 cm³/mol. The number of aryl methyl sites for hydroxylation is 1. The smallest absolute Gasteiger partial charge is 0.220 e. The van der Waals surface area contributed by atoms with E-state index in [2.05, 4.69) is 38.4 Å². The Morgan fingerprint density at radius 1 is 1.23 bits per heavy atom. The van der Waals surface area contributed by atoms with Gasteiger partial charge < -0.3 is 10.3 Å². The van der Waals surface area contributed by atoms with E-state index in [9.17, 15) is 4.79 Å². The van der Waals surface area contributed by atoms with Crippen LogP contribution in [0.2, 0.25) is 0 Å². The number of nitrogens with one attached hydrogen (secondary N) is 2. The van der Waals surface area contributed by atoms with Crippen molar-refractivity contribution in [2.45, 2.75) is 25.8 Å². The molecule has 1 aromatic carbocycles. The molecule has 0 bridgehead atoms. The van der Waals surface area contributed by atoms with E-state index in [1.165, 1.54) is 10.9 Å². The first-order valence-electron chi connectivity index (χ1n) is 7.28. The van der Waals surface area contributed by atoms with Crippen LogP contribution in [0.1, 0.15) is 23.3 Å². The van der Waals surface area contributed by atoms with Crippen molar-refractivity contribution in [2.75, 3.05) is 0 Å². The van der Waals surface area contributed by atoms with Crippen molar-refractivity contribution in [3.8, 4) is 0 Å². The normalized spacial score (nSPS) is 11.0. The number of aromatic amines is 1. The van der Waals surface area contributed by atoms with Gasteiger partial charge in [0.25, 0.3) is 0 Å². The van der Waals surface area contributed by atoms with Crippen LogP contribution in [0, 0.1) is 0 Å². The Morgan fingerprint density at radius 2 is 2.09 bits per heavy atom. The molecule has 114 valence electrons. The molecule has 0 radical (unpaired) electrons. The molecule has 0 fully saturated rings. The van der Waals surface area contributed by atoms with E-state index in [0.29, 0.717) is 13.0 Å². The van der Waals surface area contributed by atoms with E-state index in [1.807, 2.05) is 30.5 Å². The Kier molecular flexibility index (Phi) is 4.95. The number of rotatable bonds is 6. The molecule has 22 heavy (non-hydrogen) atoms. The van der Waals surface area contributed by atoms with Gasteiger partial charge in [-0.2, -0.15) is 0 Å². The van der Waals surface area contributed by atoms with Gasteiger partial charge in [-0.3, -0.25) is 4.79 Å². The van der Waals surface area contributed by atoms with Gasteiger partial charge in [-0.15, -0.1) is 11.3 Å². The third-order valence-corrected chi connectivity index (χ3v) is 5.24. The summed E-state index contributed by atoms with van der Waals surface area (Å²) in [5, 5.41) is 4.23. The van der Waals surface area contributed by atoms with E-state index >= 15 is 0 Å². The average molecular weight is 377 g/mol. The maximum absolute atomic E-state index is 11.9. The molecule has 2 aromatic heterocycles. The number of fused-ring (bicyclic) bond motifs is 1. The number of carbonyl (C=O) groups excluding carboxylic acids is 1. The van der Waals surface area contributed by atoms with Crippen molar-refractivity contribution in [3.63, 3.8) is 0 Å². The Morgan fingerprint density at radius 3 is 2.91 bits per heavy atom. The third-order valence-electron chi connectivity index (χ3n) is 3.61. The highest BCUT2D eigenvalue weighted by Gasteiger charge is 2.06. The topological polar surface area (TPSA) is 44.9 Å². The molecule has 0 saturated carbocycles. The van der Waals surface area contributed by atoms with Crippen molar-refractivity contribution >= 4 is 44.1 Å². The van der Waals surface area contributed by atoms with E-state index in [-0.39, 0.29) is 5.91 Å². The molecule has 2 heterocycles. The predicted octanol–water partition coefficient (Wildman–Crippen LogP) is 4.63. The third kappa shape index (κ3) is 3.78. The fourth-order valence-corrected chi connectivity index (χ4v) is 3.92. The molecule has 3 rings (SSSR count). The van der Waals surface area contributed by atoms with Gasteiger partial charge in [0.15, 0.2) is 0 Å². The molecule has 0 aliphatic carbocycles. The number of halogens is 1. The molecule has 0 saturated heterocycles. The van der Waals surface area contributed by atoms with Crippen molar-refractivity contribution in [1.82, 2.24) is 10.3 Å². The average Bonchev–Trinajstić information content (AvgIpc) is 3.12. The van der Waals surface area contributed by atoms with E-state index < -0.39 is 0 Å². The van der Waals surface area contributed by atoms with Crippen LogP contribution in [0.4, 0.5) is 0 Å². The highest BCUT2D eigenvalue weighted by Crippen LogP contribution is 2.22. The number of hydrogen-bond donors (Lipinski definition) is 2. The molecule has 0 atom stereocenters. The molecule has 5 heteroatoms. The van der Waals surface area contributed by atoms with Crippen LogP contribution in [-0.2, 0) is 17.8 Å². The molecule has 0 spiro atoms. The lowest BCUT2D eigenvalue weighted by Gasteiger charge is -2.03. The van der Waals surface area contributed by atoms with E-state index in [0.717, 1.165) is 27.0 Å². The maximum Gasteiger partial charge on any atom is 0.220 e. The van der Waals surface area contributed by atoms with E-state index in [1.54, 1.807) is 11.3 Å². The first kappa shape index (κ1) is 15.3. The summed E-state index contributed by atoms with van der Waals surface area (Å²) in [5.41, 5.74) is 2.44. The van der Waals surface area contributed by atoms with Gasteiger partial charge in [-0.25, -0.2) is 0 Å². The second kappa shape index (κ2) is 7.11. The van der Waals surface area contributed by atoms with Crippen LogP contribution in [0.15, 0.2) is 46.4 Å². The number of hydrogen-bond acceptors (Lipinski definition) is 2. The standard InChI is InChI=1S/C17H17BrN2OS/c18-16-9-8-13(22-16)11-20-17(21)7-3-4-12-10-19-15-6-2-1-5-14(12)15/h1-2,5-6,8-10,19H,3-4,7,11H2,(H,20,21). The van der Waals surface area contributed by atoms with Gasteiger partial charge in [0.05, 0.1) is 10.3 Å². The number of thiophene rings is 1. The van der Waals surface area contributed by atoms with Crippen LogP contribution in [0.5, 0.6) is 0 Å². The van der Waals surface area contributed by atoms with Crippen molar-refractivity contribution in [2.24, 2.45) is 0 Å². The summed E-state index contributed by atoms with van der Waals surface area (Å²) < 4.78 is 1.09. The van der Waals surface area contributed by atoms with Crippen LogP contribution in [-0.4, -0.2) is 10.9 Å². The second-order valence-electron chi connectivity index (χ2n) is 5.20. The molecular weight excluding hydrogens is 360 g/mol. The molecule has 3 nitrogen and oxygen atoms in total. The first-order chi connectivity index (χ1) is 10.7. The first-order valence-corrected chi connectivity index (χ1v) is 8.89. The van der Waals surface area contributed by atoms with Gasteiger partial charge in [0.2, 0.25) is 5.91 Å². The Labute approximate surface area is 141 Å². The summed E-state index contributed by atoms with van der Waals surface area (Å²) in [6.07, 6.45) is 4.39. The highest BCUT2D eigenvalue weighted by atomic mass is 79.9. The lowest BCUT2D eigenvalue weighted by Crippen LogP contribution is -2.21. The molecule has 0 aliphatic rings. The summed E-state index contributed by atoms with van der Waals surface area (Å²) >= 11 is 5.08. The van der Waals surface area contributed by atoms with Crippen molar-refractivity contribution < 1.29 is 4.79 Å². The molecule has 3 aromatic rings.